The van der Waals surface area contributed by atoms with Crippen molar-refractivity contribution in [1.82, 2.24) is 15.1 Å². The van der Waals surface area contributed by atoms with E-state index in [1.165, 1.54) is 11.8 Å². The van der Waals surface area contributed by atoms with Crippen LogP contribution in [0.4, 0.5) is 10.5 Å². The number of carbonyl (C=O) groups excluding carboxylic acids is 1. The first kappa shape index (κ1) is 16.4. The van der Waals surface area contributed by atoms with Crippen molar-refractivity contribution in [1.29, 1.82) is 0 Å². The third-order valence-corrected chi connectivity index (χ3v) is 3.35. The van der Waals surface area contributed by atoms with Crippen LogP contribution in [0.5, 0.6) is 0 Å². The van der Waals surface area contributed by atoms with Gasteiger partial charge >= 0.3 is 12.0 Å². The first-order chi connectivity index (χ1) is 9.47. The number of thioether (sulfide) groups is 1. The Bertz CT molecular complexity index is 475. The van der Waals surface area contributed by atoms with Crippen LogP contribution < -0.4 is 10.6 Å². The van der Waals surface area contributed by atoms with Gasteiger partial charge in [-0.05, 0) is 24.9 Å². The normalized spacial score (nSPS) is 11.9. The lowest BCUT2D eigenvalue weighted by atomic mass is 10.2. The van der Waals surface area contributed by atoms with Gasteiger partial charge in [0.1, 0.15) is 6.04 Å². The van der Waals surface area contributed by atoms with Gasteiger partial charge in [-0.25, -0.2) is 9.59 Å². The van der Waals surface area contributed by atoms with Crippen LogP contribution in [-0.4, -0.2) is 44.9 Å². The molecule has 20 heavy (non-hydrogen) atoms. The van der Waals surface area contributed by atoms with Crippen LogP contribution in [0.3, 0.4) is 0 Å². The number of nitrogens with zero attached hydrogens (tertiary/aromatic N) is 2. The van der Waals surface area contributed by atoms with Gasteiger partial charge in [-0.15, -0.1) is 0 Å². The zero-order chi connectivity index (χ0) is 15.1. The number of carboxylic acids is 1. The molecule has 7 nitrogen and oxygen atoms in total. The Balaban J connectivity index is 2.63. The molecule has 3 N–H and O–H groups in total. The maximum absolute atomic E-state index is 11.8. The third-order valence-electron chi connectivity index (χ3n) is 2.70. The van der Waals surface area contributed by atoms with Crippen LogP contribution in [0.15, 0.2) is 6.20 Å². The number of nitrogens with one attached hydrogen (secondary N) is 2. The molecule has 0 radical (unpaired) electrons. The Kier molecular flexibility index (Phi) is 6.37. The molecule has 1 aromatic rings. The van der Waals surface area contributed by atoms with E-state index in [0.29, 0.717) is 24.3 Å². The second-order valence-electron chi connectivity index (χ2n) is 4.29. The molecular weight excluding hydrogens is 280 g/mol. The molecule has 1 atom stereocenters. The maximum atomic E-state index is 11.8. The van der Waals surface area contributed by atoms with Crippen molar-refractivity contribution < 1.29 is 14.7 Å². The zero-order valence-corrected chi connectivity index (χ0v) is 12.7. The lowest BCUT2D eigenvalue weighted by Crippen LogP contribution is -2.43. The van der Waals surface area contributed by atoms with Crippen molar-refractivity contribution in [2.24, 2.45) is 7.05 Å². The monoisotopic (exact) mass is 300 g/mol. The molecule has 0 saturated carbocycles. The standard InChI is InChI=1S/C12H20N4O3S/c1-4-8-10(7-16(2)15-8)14-12(19)13-9(11(17)18)5-6-20-3/h7,9H,4-6H2,1-3H3,(H,17,18)(H2,13,14,19)/t9-/m0/s1. The van der Waals surface area contributed by atoms with Crippen molar-refractivity contribution >= 4 is 29.4 Å². The number of hydrogen-bond donors (Lipinski definition) is 3. The fourth-order valence-electron chi connectivity index (χ4n) is 1.71. The van der Waals surface area contributed by atoms with Crippen LogP contribution in [0.2, 0.25) is 0 Å². The molecule has 0 aromatic carbocycles. The predicted molar refractivity (Wildman–Crippen MR) is 79.2 cm³/mol. The summed E-state index contributed by atoms with van der Waals surface area (Å²) in [7, 11) is 1.76. The molecule has 0 spiro atoms. The van der Waals surface area contributed by atoms with E-state index in [1.54, 1.807) is 17.9 Å². The predicted octanol–water partition coefficient (Wildman–Crippen LogP) is 1.31. The Morgan fingerprint density at radius 2 is 2.25 bits per heavy atom. The smallest absolute Gasteiger partial charge is 0.326 e. The van der Waals surface area contributed by atoms with E-state index in [4.69, 9.17) is 5.11 Å². The molecular formula is C12H20N4O3S. The number of amides is 2. The second-order valence-corrected chi connectivity index (χ2v) is 5.27. The van der Waals surface area contributed by atoms with E-state index < -0.39 is 18.0 Å². The number of hydrogen-bond acceptors (Lipinski definition) is 4. The van der Waals surface area contributed by atoms with Crippen molar-refractivity contribution in [3.63, 3.8) is 0 Å². The van der Waals surface area contributed by atoms with E-state index >= 15 is 0 Å². The number of anilines is 1. The molecule has 0 bridgehead atoms. The van der Waals surface area contributed by atoms with Gasteiger partial charge in [0, 0.05) is 13.2 Å². The molecule has 0 aliphatic rings. The number of aliphatic carboxylic acids is 1. The number of aromatic nitrogens is 2. The second kappa shape index (κ2) is 7.78. The van der Waals surface area contributed by atoms with Crippen molar-refractivity contribution in [3.05, 3.63) is 11.9 Å². The first-order valence-electron chi connectivity index (χ1n) is 6.29. The average molecular weight is 300 g/mol. The molecule has 8 heteroatoms. The van der Waals surface area contributed by atoms with Crippen LogP contribution in [0, 0.1) is 0 Å². The molecule has 2 amide bonds. The summed E-state index contributed by atoms with van der Waals surface area (Å²) in [5.74, 6) is -0.360. The van der Waals surface area contributed by atoms with Crippen LogP contribution in [0.1, 0.15) is 19.0 Å². The van der Waals surface area contributed by atoms with Crippen LogP contribution >= 0.6 is 11.8 Å². The number of aryl methyl sites for hydroxylation is 2. The highest BCUT2D eigenvalue weighted by Gasteiger charge is 2.20. The highest BCUT2D eigenvalue weighted by atomic mass is 32.2. The molecule has 0 aliphatic carbocycles. The lowest BCUT2D eigenvalue weighted by Gasteiger charge is -2.14. The quantitative estimate of drug-likeness (QED) is 0.705. The topological polar surface area (TPSA) is 96.3 Å². The van der Waals surface area contributed by atoms with Gasteiger partial charge in [0.2, 0.25) is 0 Å². The largest absolute Gasteiger partial charge is 0.480 e. The summed E-state index contributed by atoms with van der Waals surface area (Å²) < 4.78 is 1.61. The first-order valence-corrected chi connectivity index (χ1v) is 7.69. The molecule has 0 saturated heterocycles. The number of carboxylic acid groups (broad SMARTS) is 1. The van der Waals surface area contributed by atoms with Crippen molar-refractivity contribution in [3.8, 4) is 0 Å². The van der Waals surface area contributed by atoms with Gasteiger partial charge < -0.3 is 15.7 Å². The van der Waals surface area contributed by atoms with Crippen molar-refractivity contribution in [2.75, 3.05) is 17.3 Å². The number of rotatable bonds is 7. The van der Waals surface area contributed by atoms with Crippen LogP contribution in [0.25, 0.3) is 0 Å². The zero-order valence-electron chi connectivity index (χ0n) is 11.8. The summed E-state index contributed by atoms with van der Waals surface area (Å²) in [4.78, 5) is 22.9. The van der Waals surface area contributed by atoms with Gasteiger partial charge in [0.05, 0.1) is 11.4 Å². The molecule has 1 rings (SSSR count). The summed E-state index contributed by atoms with van der Waals surface area (Å²) in [6, 6.07) is -1.41. The minimum Gasteiger partial charge on any atom is -0.480 e. The van der Waals surface area contributed by atoms with Crippen molar-refractivity contribution in [2.45, 2.75) is 25.8 Å². The van der Waals surface area contributed by atoms with E-state index in [2.05, 4.69) is 15.7 Å². The summed E-state index contributed by atoms with van der Waals surface area (Å²) in [5.41, 5.74) is 1.36. The Hall–Kier alpha value is -1.70. The van der Waals surface area contributed by atoms with Crippen LogP contribution in [-0.2, 0) is 18.3 Å². The molecule has 112 valence electrons. The van der Waals surface area contributed by atoms with E-state index in [1.807, 2.05) is 13.2 Å². The third kappa shape index (κ3) is 4.76. The van der Waals surface area contributed by atoms with Gasteiger partial charge in [0.25, 0.3) is 0 Å². The van der Waals surface area contributed by atoms with Gasteiger partial charge in [0.15, 0.2) is 0 Å². The van der Waals surface area contributed by atoms with Gasteiger partial charge in [-0.2, -0.15) is 16.9 Å². The Morgan fingerprint density at radius 1 is 1.55 bits per heavy atom. The summed E-state index contributed by atoms with van der Waals surface area (Å²) in [6.45, 7) is 1.93. The van der Waals surface area contributed by atoms with E-state index in [0.717, 1.165) is 5.69 Å². The molecule has 1 heterocycles. The maximum Gasteiger partial charge on any atom is 0.326 e. The number of carbonyl (C=O) groups is 2. The molecule has 0 fully saturated rings. The summed E-state index contributed by atoms with van der Waals surface area (Å²) in [5, 5.41) is 18.4. The van der Waals surface area contributed by atoms with E-state index in [9.17, 15) is 9.59 Å². The Labute approximate surface area is 122 Å². The van der Waals surface area contributed by atoms with Gasteiger partial charge in [-0.3, -0.25) is 4.68 Å². The lowest BCUT2D eigenvalue weighted by molar-refractivity contribution is -0.139. The van der Waals surface area contributed by atoms with E-state index in [-0.39, 0.29) is 0 Å². The summed E-state index contributed by atoms with van der Waals surface area (Å²) in [6.07, 6.45) is 4.65. The highest BCUT2D eigenvalue weighted by Crippen LogP contribution is 2.13. The summed E-state index contributed by atoms with van der Waals surface area (Å²) >= 11 is 1.54. The minimum atomic E-state index is -1.03. The minimum absolute atomic E-state index is 0.387. The fourth-order valence-corrected chi connectivity index (χ4v) is 2.18. The molecule has 0 aliphatic heterocycles. The molecule has 1 aromatic heterocycles. The fraction of sp³-hybridized carbons (Fsp3) is 0.583. The average Bonchev–Trinajstić information content (AvgIpc) is 2.74. The highest BCUT2D eigenvalue weighted by molar-refractivity contribution is 7.98. The number of urea groups is 1. The SMILES string of the molecule is CCc1nn(C)cc1NC(=O)N[C@@H](CCSC)C(=O)O. The Morgan fingerprint density at radius 3 is 2.80 bits per heavy atom. The molecule has 0 unspecified atom stereocenters. The van der Waals surface area contributed by atoms with Gasteiger partial charge in [-0.1, -0.05) is 6.92 Å².